The van der Waals surface area contributed by atoms with Crippen molar-refractivity contribution in [2.24, 2.45) is 16.7 Å². The van der Waals surface area contributed by atoms with Gasteiger partial charge in [-0.2, -0.15) is 0 Å². The first-order chi connectivity index (χ1) is 13.8. The van der Waals surface area contributed by atoms with Crippen LogP contribution in [0.25, 0.3) is 0 Å². The lowest BCUT2D eigenvalue weighted by Crippen LogP contribution is -2.63. The van der Waals surface area contributed by atoms with Crippen molar-refractivity contribution in [2.75, 3.05) is 0 Å². The van der Waals surface area contributed by atoms with Crippen LogP contribution in [0, 0.1) is 16.7 Å². The maximum Gasteiger partial charge on any atom is 0.124 e. The Kier molecular flexibility index (Phi) is 4.71. The molecule has 4 aliphatic carbocycles. The van der Waals surface area contributed by atoms with Crippen molar-refractivity contribution in [2.45, 2.75) is 71.1 Å². The Morgan fingerprint density at radius 1 is 0.931 bits per heavy atom. The van der Waals surface area contributed by atoms with Crippen LogP contribution < -0.4 is 10.1 Å². The van der Waals surface area contributed by atoms with E-state index >= 15 is 0 Å². The fourth-order valence-electron chi connectivity index (χ4n) is 7.46. The predicted octanol–water partition coefficient (Wildman–Crippen LogP) is 6.76. The van der Waals surface area contributed by atoms with Gasteiger partial charge in [-0.05, 0) is 79.0 Å². The number of halogens is 1. The van der Waals surface area contributed by atoms with Gasteiger partial charge in [0, 0.05) is 22.7 Å². The van der Waals surface area contributed by atoms with Crippen molar-refractivity contribution in [3.05, 3.63) is 64.7 Å². The summed E-state index contributed by atoms with van der Waals surface area (Å²) in [5, 5.41) is 4.80. The van der Waals surface area contributed by atoms with Gasteiger partial charge in [0.05, 0.1) is 0 Å². The van der Waals surface area contributed by atoms with E-state index in [2.05, 4.69) is 43.4 Å². The van der Waals surface area contributed by atoms with Crippen LogP contribution in [0.3, 0.4) is 0 Å². The van der Waals surface area contributed by atoms with E-state index in [-0.39, 0.29) is 0 Å². The Morgan fingerprint density at radius 3 is 2.31 bits per heavy atom. The molecule has 2 aromatic rings. The smallest absolute Gasteiger partial charge is 0.124 e. The molecule has 4 saturated carbocycles. The average molecular weight is 410 g/mol. The molecule has 0 spiro atoms. The number of hydrogen-bond acceptors (Lipinski definition) is 2. The fourth-order valence-corrected chi connectivity index (χ4v) is 7.59. The maximum absolute atomic E-state index is 6.19. The number of benzene rings is 2. The summed E-state index contributed by atoms with van der Waals surface area (Å²) in [5.41, 5.74) is 3.77. The topological polar surface area (TPSA) is 21.3 Å². The van der Waals surface area contributed by atoms with Gasteiger partial charge in [-0.25, -0.2) is 0 Å². The van der Waals surface area contributed by atoms with Crippen molar-refractivity contribution >= 4 is 11.6 Å². The summed E-state index contributed by atoms with van der Waals surface area (Å²) in [6.45, 7) is 6.53. The summed E-state index contributed by atoms with van der Waals surface area (Å²) in [6.07, 6.45) is 8.31. The Labute approximate surface area is 180 Å². The van der Waals surface area contributed by atoms with E-state index in [9.17, 15) is 0 Å². The zero-order valence-corrected chi connectivity index (χ0v) is 18.4. The lowest BCUT2D eigenvalue weighted by Gasteiger charge is -2.65. The zero-order valence-electron chi connectivity index (χ0n) is 17.6. The second kappa shape index (κ2) is 7.03. The predicted molar refractivity (Wildman–Crippen MR) is 119 cm³/mol. The number of nitrogens with one attached hydrogen (secondary N) is 1. The molecule has 4 fully saturated rings. The molecule has 0 aromatic heterocycles. The molecule has 0 amide bonds. The number of ether oxygens (including phenoxy) is 1. The molecule has 3 heteroatoms. The van der Waals surface area contributed by atoms with E-state index in [0.717, 1.165) is 28.8 Å². The third kappa shape index (κ3) is 3.94. The van der Waals surface area contributed by atoms with Gasteiger partial charge in [-0.3, -0.25) is 0 Å². The maximum atomic E-state index is 6.19. The minimum absolute atomic E-state index is 0.312. The summed E-state index contributed by atoms with van der Waals surface area (Å²) in [6, 6.07) is 16.4. The van der Waals surface area contributed by atoms with Gasteiger partial charge < -0.3 is 10.1 Å². The summed E-state index contributed by atoms with van der Waals surface area (Å²) in [5.74, 6) is 1.89. The molecule has 29 heavy (non-hydrogen) atoms. The van der Waals surface area contributed by atoms with Crippen molar-refractivity contribution in [1.82, 2.24) is 5.32 Å². The molecule has 2 nitrogen and oxygen atoms in total. The standard InChI is InChI=1S/C26H32ClNO/c1-24-11-20-12-25(2,16-24)18-26(13-20,17-24)28-14-21-5-3-4-6-23(21)29-15-19-7-9-22(27)10-8-19/h3-10,20,28H,11-18H2,1-2H3. The van der Waals surface area contributed by atoms with Crippen LogP contribution in [-0.4, -0.2) is 5.54 Å². The minimum Gasteiger partial charge on any atom is -0.489 e. The van der Waals surface area contributed by atoms with Gasteiger partial charge >= 0.3 is 0 Å². The third-order valence-corrected chi connectivity index (χ3v) is 7.81. The first-order valence-electron chi connectivity index (χ1n) is 11.0. The summed E-state index contributed by atoms with van der Waals surface area (Å²) in [4.78, 5) is 0. The normalized spacial score (nSPS) is 35.1. The second-order valence-electron chi connectivity index (χ2n) is 10.8. The molecule has 0 aliphatic heterocycles. The largest absolute Gasteiger partial charge is 0.489 e. The van der Waals surface area contributed by atoms with Crippen LogP contribution in [0.4, 0.5) is 0 Å². The minimum atomic E-state index is 0.312. The summed E-state index contributed by atoms with van der Waals surface area (Å²) in [7, 11) is 0. The molecule has 0 heterocycles. The molecular weight excluding hydrogens is 378 g/mol. The molecule has 4 bridgehead atoms. The van der Waals surface area contributed by atoms with E-state index < -0.39 is 0 Å². The Bertz CT molecular complexity index is 874. The molecule has 154 valence electrons. The molecule has 2 aromatic carbocycles. The zero-order chi connectivity index (χ0) is 20.1. The van der Waals surface area contributed by atoms with Crippen LogP contribution in [-0.2, 0) is 13.2 Å². The second-order valence-corrected chi connectivity index (χ2v) is 11.2. The van der Waals surface area contributed by atoms with Gasteiger partial charge in [-0.1, -0.05) is 55.8 Å². The molecular formula is C26H32ClNO. The van der Waals surface area contributed by atoms with Crippen molar-refractivity contribution in [1.29, 1.82) is 0 Å². The fraction of sp³-hybridized carbons (Fsp3) is 0.538. The highest BCUT2D eigenvalue weighted by atomic mass is 35.5. The number of para-hydroxylation sites is 1. The monoisotopic (exact) mass is 409 g/mol. The molecule has 2 unspecified atom stereocenters. The summed E-state index contributed by atoms with van der Waals surface area (Å²) >= 11 is 5.99. The highest BCUT2D eigenvalue weighted by Gasteiger charge is 2.59. The third-order valence-electron chi connectivity index (χ3n) is 7.56. The Hall–Kier alpha value is -1.51. The molecule has 0 radical (unpaired) electrons. The van der Waals surface area contributed by atoms with Gasteiger partial charge in [0.25, 0.3) is 0 Å². The van der Waals surface area contributed by atoms with E-state index in [1.807, 2.05) is 24.3 Å². The van der Waals surface area contributed by atoms with E-state index in [1.165, 1.54) is 44.1 Å². The lowest BCUT2D eigenvalue weighted by molar-refractivity contribution is -0.118. The number of hydrogen-bond donors (Lipinski definition) is 1. The van der Waals surface area contributed by atoms with E-state index in [4.69, 9.17) is 16.3 Å². The molecule has 2 atom stereocenters. The van der Waals surface area contributed by atoms with Crippen LogP contribution in [0.15, 0.2) is 48.5 Å². The molecule has 0 saturated heterocycles. The van der Waals surface area contributed by atoms with Gasteiger partial charge in [0.15, 0.2) is 0 Å². The van der Waals surface area contributed by atoms with Crippen LogP contribution in [0.2, 0.25) is 5.02 Å². The van der Waals surface area contributed by atoms with E-state index in [1.54, 1.807) is 0 Å². The van der Waals surface area contributed by atoms with Crippen LogP contribution in [0.1, 0.15) is 63.5 Å². The van der Waals surface area contributed by atoms with Crippen LogP contribution in [0.5, 0.6) is 5.75 Å². The first-order valence-corrected chi connectivity index (χ1v) is 11.4. The Morgan fingerprint density at radius 2 is 1.62 bits per heavy atom. The van der Waals surface area contributed by atoms with Crippen molar-refractivity contribution < 1.29 is 4.74 Å². The van der Waals surface area contributed by atoms with E-state index in [0.29, 0.717) is 23.0 Å². The summed E-state index contributed by atoms with van der Waals surface area (Å²) < 4.78 is 6.19. The van der Waals surface area contributed by atoms with Gasteiger partial charge in [-0.15, -0.1) is 0 Å². The Balaban J connectivity index is 1.28. The average Bonchev–Trinajstić information content (AvgIpc) is 2.64. The molecule has 4 aliphatic rings. The van der Waals surface area contributed by atoms with Gasteiger partial charge in [0.1, 0.15) is 12.4 Å². The first kappa shape index (κ1) is 19.5. The van der Waals surface area contributed by atoms with Gasteiger partial charge in [0.2, 0.25) is 0 Å². The van der Waals surface area contributed by atoms with Crippen molar-refractivity contribution in [3.63, 3.8) is 0 Å². The highest BCUT2D eigenvalue weighted by Crippen LogP contribution is 2.66. The quantitative estimate of drug-likeness (QED) is 0.569. The SMILES string of the molecule is CC12CC3CC(C)(C1)CC(NCc1ccccc1OCc1ccc(Cl)cc1)(C3)C2. The number of rotatable bonds is 6. The molecule has 6 rings (SSSR count). The molecule has 1 N–H and O–H groups in total. The lowest BCUT2D eigenvalue weighted by atomic mass is 9.43. The van der Waals surface area contributed by atoms with Crippen molar-refractivity contribution in [3.8, 4) is 5.75 Å². The van der Waals surface area contributed by atoms with Crippen LogP contribution >= 0.6 is 11.6 Å². The highest BCUT2D eigenvalue weighted by molar-refractivity contribution is 6.30.